The van der Waals surface area contributed by atoms with Crippen molar-refractivity contribution in [1.82, 2.24) is 0 Å². The lowest BCUT2D eigenvalue weighted by atomic mass is 10.1. The van der Waals surface area contributed by atoms with Crippen LogP contribution in [0.2, 0.25) is 0 Å². The Morgan fingerprint density at radius 3 is 2.60 bits per heavy atom. The molecule has 0 saturated heterocycles. The predicted molar refractivity (Wildman–Crippen MR) is 41.4 cm³/mol. The van der Waals surface area contributed by atoms with Gasteiger partial charge in [-0.2, -0.15) is 0 Å². The first-order chi connectivity index (χ1) is 4.66. The molecule has 0 saturated carbocycles. The number of carboxylic acid groups (broad SMARTS) is 1. The molecule has 0 aromatic rings. The highest BCUT2D eigenvalue weighted by molar-refractivity contribution is 6.20. The number of halogens is 1. The van der Waals surface area contributed by atoms with E-state index in [1.807, 2.05) is 6.92 Å². The molecule has 0 bridgehead atoms. The van der Waals surface area contributed by atoms with Crippen molar-refractivity contribution in [3.8, 4) is 0 Å². The molecule has 0 rings (SSSR count). The number of rotatable bonds is 5. The van der Waals surface area contributed by atoms with Gasteiger partial charge in [0.15, 0.2) is 0 Å². The zero-order valence-corrected chi connectivity index (χ0v) is 6.90. The Hall–Kier alpha value is -0.240. The predicted octanol–water partition coefficient (Wildman–Crippen LogP) is 2.26. The number of carboxylic acids is 1. The summed E-state index contributed by atoms with van der Waals surface area (Å²) in [5.41, 5.74) is 0. The van der Waals surface area contributed by atoms with Gasteiger partial charge in [0.25, 0.3) is 0 Å². The molecule has 60 valence electrons. The summed E-state index contributed by atoms with van der Waals surface area (Å²) in [5, 5.41) is 8.31. The third-order valence-corrected chi connectivity index (χ3v) is 1.71. The van der Waals surface area contributed by atoms with Gasteiger partial charge in [0, 0.05) is 11.8 Å². The molecule has 0 amide bonds. The minimum atomic E-state index is -0.762. The van der Waals surface area contributed by atoms with Crippen molar-refractivity contribution >= 4 is 17.6 Å². The molecule has 0 aliphatic rings. The molecule has 3 heteroatoms. The Labute approximate surface area is 66.2 Å². The van der Waals surface area contributed by atoms with Crippen LogP contribution in [-0.4, -0.2) is 16.5 Å². The number of hydrogen-bond acceptors (Lipinski definition) is 1. The SMILES string of the molecule is CCC[C@@H](Cl)CCC(=O)O. The second-order valence-electron chi connectivity index (χ2n) is 2.32. The molecule has 0 spiro atoms. The first-order valence-corrected chi connectivity index (χ1v) is 3.96. The van der Waals surface area contributed by atoms with Crippen LogP contribution in [0.3, 0.4) is 0 Å². The fourth-order valence-electron chi connectivity index (χ4n) is 0.738. The Balaban J connectivity index is 3.21. The van der Waals surface area contributed by atoms with Gasteiger partial charge < -0.3 is 5.11 Å². The van der Waals surface area contributed by atoms with Crippen molar-refractivity contribution in [2.75, 3.05) is 0 Å². The fourth-order valence-corrected chi connectivity index (χ4v) is 1.06. The topological polar surface area (TPSA) is 37.3 Å². The van der Waals surface area contributed by atoms with Crippen LogP contribution in [-0.2, 0) is 4.79 Å². The molecule has 0 aliphatic heterocycles. The molecular weight excluding hydrogens is 152 g/mol. The van der Waals surface area contributed by atoms with E-state index >= 15 is 0 Å². The van der Waals surface area contributed by atoms with Gasteiger partial charge >= 0.3 is 5.97 Å². The smallest absolute Gasteiger partial charge is 0.303 e. The summed E-state index contributed by atoms with van der Waals surface area (Å²) in [6.45, 7) is 2.04. The number of alkyl halides is 1. The summed E-state index contributed by atoms with van der Waals surface area (Å²) >= 11 is 5.76. The van der Waals surface area contributed by atoms with E-state index in [4.69, 9.17) is 16.7 Å². The molecule has 0 aromatic carbocycles. The van der Waals surface area contributed by atoms with Gasteiger partial charge in [-0.15, -0.1) is 11.6 Å². The Bertz CT molecular complexity index is 104. The van der Waals surface area contributed by atoms with E-state index in [9.17, 15) is 4.79 Å². The minimum absolute atomic E-state index is 0.0427. The van der Waals surface area contributed by atoms with E-state index in [0.29, 0.717) is 6.42 Å². The lowest BCUT2D eigenvalue weighted by Gasteiger charge is -2.03. The lowest BCUT2D eigenvalue weighted by Crippen LogP contribution is -2.02. The lowest BCUT2D eigenvalue weighted by molar-refractivity contribution is -0.137. The highest BCUT2D eigenvalue weighted by Gasteiger charge is 2.05. The summed E-state index contributed by atoms with van der Waals surface area (Å²) in [7, 11) is 0. The van der Waals surface area contributed by atoms with Gasteiger partial charge in [-0.3, -0.25) is 4.79 Å². The van der Waals surface area contributed by atoms with Crippen LogP contribution in [0.5, 0.6) is 0 Å². The van der Waals surface area contributed by atoms with Crippen molar-refractivity contribution in [3.05, 3.63) is 0 Å². The maximum absolute atomic E-state index is 10.0. The van der Waals surface area contributed by atoms with Crippen molar-refractivity contribution in [2.24, 2.45) is 0 Å². The van der Waals surface area contributed by atoms with Crippen LogP contribution in [0.25, 0.3) is 0 Å². The summed E-state index contributed by atoms with van der Waals surface area (Å²) < 4.78 is 0. The van der Waals surface area contributed by atoms with E-state index in [1.54, 1.807) is 0 Å². The van der Waals surface area contributed by atoms with E-state index in [1.165, 1.54) is 0 Å². The van der Waals surface area contributed by atoms with Crippen LogP contribution in [0.1, 0.15) is 32.6 Å². The van der Waals surface area contributed by atoms with Crippen molar-refractivity contribution in [3.63, 3.8) is 0 Å². The zero-order chi connectivity index (χ0) is 7.98. The van der Waals surface area contributed by atoms with Gasteiger partial charge in [-0.1, -0.05) is 13.3 Å². The highest BCUT2D eigenvalue weighted by Crippen LogP contribution is 2.11. The first-order valence-electron chi connectivity index (χ1n) is 3.52. The third-order valence-electron chi connectivity index (χ3n) is 1.27. The molecule has 2 nitrogen and oxygen atoms in total. The molecule has 0 unspecified atom stereocenters. The van der Waals surface area contributed by atoms with Crippen molar-refractivity contribution in [1.29, 1.82) is 0 Å². The molecule has 0 heterocycles. The Morgan fingerprint density at radius 1 is 1.60 bits per heavy atom. The number of carbonyl (C=O) groups is 1. The summed E-state index contributed by atoms with van der Waals surface area (Å²) in [4.78, 5) is 10.0. The van der Waals surface area contributed by atoms with Crippen LogP contribution in [0, 0.1) is 0 Å². The van der Waals surface area contributed by atoms with Gasteiger partial charge in [0.1, 0.15) is 0 Å². The molecule has 1 atom stereocenters. The number of aliphatic carboxylic acids is 1. The zero-order valence-electron chi connectivity index (χ0n) is 6.14. The summed E-state index contributed by atoms with van der Waals surface area (Å²) in [6.07, 6.45) is 2.71. The maximum atomic E-state index is 10.0. The normalized spacial score (nSPS) is 13.0. The van der Waals surface area contributed by atoms with E-state index in [-0.39, 0.29) is 11.8 Å². The Morgan fingerprint density at radius 2 is 2.20 bits per heavy atom. The second-order valence-corrected chi connectivity index (χ2v) is 2.94. The minimum Gasteiger partial charge on any atom is -0.481 e. The van der Waals surface area contributed by atoms with Gasteiger partial charge in [-0.25, -0.2) is 0 Å². The van der Waals surface area contributed by atoms with Crippen LogP contribution in [0.4, 0.5) is 0 Å². The van der Waals surface area contributed by atoms with Crippen molar-refractivity contribution in [2.45, 2.75) is 38.0 Å². The van der Waals surface area contributed by atoms with Gasteiger partial charge in [-0.05, 0) is 12.8 Å². The fraction of sp³-hybridized carbons (Fsp3) is 0.857. The van der Waals surface area contributed by atoms with Crippen LogP contribution >= 0.6 is 11.6 Å². The number of hydrogen-bond donors (Lipinski definition) is 1. The quantitative estimate of drug-likeness (QED) is 0.633. The monoisotopic (exact) mass is 164 g/mol. The van der Waals surface area contributed by atoms with E-state index in [2.05, 4.69) is 0 Å². The molecule has 1 N–H and O–H groups in total. The maximum Gasteiger partial charge on any atom is 0.303 e. The highest BCUT2D eigenvalue weighted by atomic mass is 35.5. The molecule has 0 aromatic heterocycles. The largest absolute Gasteiger partial charge is 0.481 e. The summed E-state index contributed by atoms with van der Waals surface area (Å²) in [6, 6.07) is 0. The standard InChI is InChI=1S/C7H13ClO2/c1-2-3-6(8)4-5-7(9)10/h6H,2-5H2,1H3,(H,9,10)/t6-/m1/s1. The molecular formula is C7H13ClO2. The van der Waals surface area contributed by atoms with Crippen LogP contribution < -0.4 is 0 Å². The molecule has 0 radical (unpaired) electrons. The third kappa shape index (κ3) is 5.89. The van der Waals surface area contributed by atoms with Crippen LogP contribution in [0.15, 0.2) is 0 Å². The Kier molecular flexibility index (Phi) is 5.40. The molecule has 0 fully saturated rings. The molecule has 10 heavy (non-hydrogen) atoms. The van der Waals surface area contributed by atoms with E-state index in [0.717, 1.165) is 12.8 Å². The summed E-state index contributed by atoms with van der Waals surface area (Å²) in [5.74, 6) is -0.762. The van der Waals surface area contributed by atoms with E-state index < -0.39 is 5.97 Å². The van der Waals surface area contributed by atoms with Gasteiger partial charge in [0.05, 0.1) is 0 Å². The second kappa shape index (κ2) is 5.54. The van der Waals surface area contributed by atoms with Crippen molar-refractivity contribution < 1.29 is 9.90 Å². The van der Waals surface area contributed by atoms with Gasteiger partial charge in [0.2, 0.25) is 0 Å². The molecule has 0 aliphatic carbocycles. The average Bonchev–Trinajstić information content (AvgIpc) is 1.85. The average molecular weight is 165 g/mol. The first kappa shape index (κ1) is 9.76.